The summed E-state index contributed by atoms with van der Waals surface area (Å²) < 4.78 is 10.4. The molecule has 0 aromatic heterocycles. The lowest BCUT2D eigenvalue weighted by Crippen LogP contribution is -2.29. The second-order valence-corrected chi connectivity index (χ2v) is 9.19. The summed E-state index contributed by atoms with van der Waals surface area (Å²) in [7, 11) is -0.347. The molecule has 0 spiro atoms. The Labute approximate surface area is 101 Å². The van der Waals surface area contributed by atoms with Crippen LogP contribution < -0.4 is 4.43 Å². The number of benzene rings is 1. The first kappa shape index (κ1) is 13.1. The van der Waals surface area contributed by atoms with Gasteiger partial charge in [-0.05, 0) is 37.8 Å². The van der Waals surface area contributed by atoms with Crippen LogP contribution >= 0.6 is 11.6 Å². The molecule has 0 unspecified atom stereocenters. The molecule has 1 aromatic rings. The van der Waals surface area contributed by atoms with Crippen LogP contribution in [-0.2, 0) is 4.74 Å². The van der Waals surface area contributed by atoms with Gasteiger partial charge in [0.1, 0.15) is 5.75 Å². The Morgan fingerprint density at radius 2 is 1.94 bits per heavy atom. The van der Waals surface area contributed by atoms with Crippen LogP contribution in [-0.4, -0.2) is 21.4 Å². The summed E-state index contributed by atoms with van der Waals surface area (Å²) in [5.41, 5.74) is 0.426. The summed E-state index contributed by atoms with van der Waals surface area (Å²) in [6.45, 7) is 6.20. The van der Waals surface area contributed by atoms with Gasteiger partial charge in [-0.25, -0.2) is 4.79 Å². The third-order valence-corrected chi connectivity index (χ3v) is 2.90. The van der Waals surface area contributed by atoms with E-state index in [1.165, 1.54) is 7.11 Å². The minimum Gasteiger partial charge on any atom is -0.543 e. The monoisotopic (exact) mass is 258 g/mol. The van der Waals surface area contributed by atoms with E-state index < -0.39 is 14.3 Å². The second kappa shape index (κ2) is 4.89. The van der Waals surface area contributed by atoms with Gasteiger partial charge >= 0.3 is 5.97 Å². The summed E-state index contributed by atoms with van der Waals surface area (Å²) in [4.78, 5) is 11.2. The molecule has 0 aliphatic rings. The highest BCUT2D eigenvalue weighted by Gasteiger charge is 2.18. The normalized spacial score (nSPS) is 11.1. The van der Waals surface area contributed by atoms with E-state index in [0.717, 1.165) is 0 Å². The maximum atomic E-state index is 11.2. The van der Waals surface area contributed by atoms with Crippen molar-refractivity contribution >= 4 is 25.9 Å². The van der Waals surface area contributed by atoms with E-state index in [-0.39, 0.29) is 0 Å². The van der Waals surface area contributed by atoms with Gasteiger partial charge in [0.05, 0.1) is 17.7 Å². The number of halogens is 1. The first-order valence-corrected chi connectivity index (χ1v) is 8.69. The molecule has 0 saturated heterocycles. The van der Waals surface area contributed by atoms with Crippen molar-refractivity contribution in [1.29, 1.82) is 0 Å². The van der Waals surface area contributed by atoms with E-state index in [2.05, 4.69) is 24.4 Å². The van der Waals surface area contributed by atoms with Gasteiger partial charge in [-0.2, -0.15) is 0 Å². The van der Waals surface area contributed by atoms with Gasteiger partial charge in [-0.15, -0.1) is 0 Å². The molecule has 0 atom stereocenters. The zero-order valence-electron chi connectivity index (χ0n) is 9.83. The molecule has 0 radical (unpaired) electrons. The third-order valence-electron chi connectivity index (χ3n) is 1.77. The van der Waals surface area contributed by atoms with E-state index >= 15 is 0 Å². The molecule has 5 heteroatoms. The number of carbonyl (C=O) groups excluding carboxylic acids is 1. The van der Waals surface area contributed by atoms with Crippen molar-refractivity contribution in [3.63, 3.8) is 0 Å². The molecule has 0 heterocycles. The van der Waals surface area contributed by atoms with Crippen molar-refractivity contribution in [1.82, 2.24) is 0 Å². The van der Waals surface area contributed by atoms with Crippen molar-refractivity contribution in [2.75, 3.05) is 7.11 Å². The Kier molecular flexibility index (Phi) is 3.99. The third kappa shape index (κ3) is 3.54. The number of hydrogen-bond acceptors (Lipinski definition) is 3. The quantitative estimate of drug-likeness (QED) is 0.616. The molecule has 0 bridgehead atoms. The van der Waals surface area contributed by atoms with Crippen molar-refractivity contribution in [3.8, 4) is 5.75 Å². The molecule has 0 aliphatic heterocycles. The average Bonchev–Trinajstić information content (AvgIpc) is 2.18. The van der Waals surface area contributed by atoms with E-state index in [1.54, 1.807) is 18.2 Å². The average molecular weight is 259 g/mol. The molecular formula is C11H15ClO3Si. The first-order valence-electron chi connectivity index (χ1n) is 4.90. The van der Waals surface area contributed by atoms with Gasteiger partial charge in [0, 0.05) is 0 Å². The lowest BCUT2D eigenvalue weighted by Gasteiger charge is -2.20. The van der Waals surface area contributed by atoms with Crippen LogP contribution in [0.1, 0.15) is 10.4 Å². The fraction of sp³-hybridized carbons (Fsp3) is 0.364. The molecule has 1 rings (SSSR count). The first-order chi connectivity index (χ1) is 7.33. The van der Waals surface area contributed by atoms with E-state index in [1.807, 2.05) is 0 Å². The second-order valence-electron chi connectivity index (χ2n) is 4.35. The van der Waals surface area contributed by atoms with Gasteiger partial charge in [0.25, 0.3) is 0 Å². The van der Waals surface area contributed by atoms with E-state index in [4.69, 9.17) is 16.0 Å². The molecule has 0 amide bonds. The van der Waals surface area contributed by atoms with Gasteiger partial charge < -0.3 is 9.16 Å². The lowest BCUT2D eigenvalue weighted by molar-refractivity contribution is 0.0601. The zero-order valence-corrected chi connectivity index (χ0v) is 11.6. The summed E-state index contributed by atoms with van der Waals surface area (Å²) in [6, 6.07) is 4.91. The number of esters is 1. The molecule has 0 saturated carbocycles. The maximum Gasteiger partial charge on any atom is 0.337 e. The highest BCUT2D eigenvalue weighted by molar-refractivity contribution is 6.70. The Morgan fingerprint density at radius 1 is 1.31 bits per heavy atom. The minimum absolute atomic E-state index is 0.401. The van der Waals surface area contributed by atoms with Gasteiger partial charge in [-0.3, -0.25) is 0 Å². The minimum atomic E-state index is -1.68. The zero-order chi connectivity index (χ0) is 12.3. The number of hydrogen-bond donors (Lipinski definition) is 0. The highest BCUT2D eigenvalue weighted by atomic mass is 35.5. The molecule has 0 aliphatic carbocycles. The fourth-order valence-electron chi connectivity index (χ4n) is 1.16. The SMILES string of the molecule is COC(=O)c1ccc(O[Si](C)(C)C)c(Cl)c1. The smallest absolute Gasteiger partial charge is 0.337 e. The highest BCUT2D eigenvalue weighted by Crippen LogP contribution is 2.28. The molecule has 3 nitrogen and oxygen atoms in total. The molecular weight excluding hydrogens is 244 g/mol. The van der Waals surface area contributed by atoms with Crippen molar-refractivity contribution < 1.29 is 14.0 Å². The summed E-state index contributed by atoms with van der Waals surface area (Å²) in [5.74, 6) is 0.218. The fourth-order valence-corrected chi connectivity index (χ4v) is 2.28. The summed E-state index contributed by atoms with van der Waals surface area (Å²) in [6.07, 6.45) is 0. The Balaban J connectivity index is 2.96. The van der Waals surface area contributed by atoms with Crippen LogP contribution in [0.4, 0.5) is 0 Å². The molecule has 1 aromatic carbocycles. The van der Waals surface area contributed by atoms with Crippen LogP contribution in [0, 0.1) is 0 Å². The topological polar surface area (TPSA) is 35.5 Å². The largest absolute Gasteiger partial charge is 0.543 e. The van der Waals surface area contributed by atoms with Crippen LogP contribution in [0.15, 0.2) is 18.2 Å². The standard InChI is InChI=1S/C11H15ClO3Si/c1-14-11(13)8-5-6-10(9(12)7-8)15-16(2,3)4/h5-7H,1-4H3. The van der Waals surface area contributed by atoms with Gasteiger partial charge in [-0.1, -0.05) is 11.6 Å². The Bertz CT molecular complexity index is 399. The Hall–Kier alpha value is -1.00. The van der Waals surface area contributed by atoms with Gasteiger partial charge in [0.15, 0.2) is 0 Å². The van der Waals surface area contributed by atoms with Crippen molar-refractivity contribution in [2.24, 2.45) is 0 Å². The van der Waals surface area contributed by atoms with Crippen molar-refractivity contribution in [3.05, 3.63) is 28.8 Å². The number of methoxy groups -OCH3 is 1. The van der Waals surface area contributed by atoms with Crippen LogP contribution in [0.3, 0.4) is 0 Å². The summed E-state index contributed by atoms with van der Waals surface area (Å²) in [5, 5.41) is 0.435. The predicted molar refractivity (Wildman–Crippen MR) is 66.8 cm³/mol. The molecule has 88 valence electrons. The van der Waals surface area contributed by atoms with Crippen LogP contribution in [0.25, 0.3) is 0 Å². The van der Waals surface area contributed by atoms with Crippen LogP contribution in [0.2, 0.25) is 24.7 Å². The van der Waals surface area contributed by atoms with E-state index in [0.29, 0.717) is 16.3 Å². The number of ether oxygens (including phenoxy) is 1. The maximum absolute atomic E-state index is 11.2. The van der Waals surface area contributed by atoms with Gasteiger partial charge in [0.2, 0.25) is 8.32 Å². The molecule has 16 heavy (non-hydrogen) atoms. The summed E-state index contributed by atoms with van der Waals surface area (Å²) >= 11 is 6.03. The van der Waals surface area contributed by atoms with E-state index in [9.17, 15) is 4.79 Å². The van der Waals surface area contributed by atoms with Crippen LogP contribution in [0.5, 0.6) is 5.75 Å². The lowest BCUT2D eigenvalue weighted by atomic mass is 10.2. The van der Waals surface area contributed by atoms with Crippen molar-refractivity contribution in [2.45, 2.75) is 19.6 Å². The number of rotatable bonds is 3. The predicted octanol–water partition coefficient (Wildman–Crippen LogP) is 3.34. The molecule has 0 fully saturated rings. The number of carbonyl (C=O) groups is 1. The Morgan fingerprint density at radius 3 is 2.38 bits per heavy atom. The molecule has 0 N–H and O–H groups in total.